The van der Waals surface area contributed by atoms with Gasteiger partial charge in [0.2, 0.25) is 0 Å². The molecule has 0 amide bonds. The van der Waals surface area contributed by atoms with Crippen LogP contribution in [0.4, 0.5) is 4.39 Å². The Bertz CT molecular complexity index is 1000. The number of hydrogen-bond donors (Lipinski definition) is 3. The first-order valence-electron chi connectivity index (χ1n) is 9.45. The van der Waals surface area contributed by atoms with E-state index in [0.29, 0.717) is 16.7 Å². The third-order valence-electron chi connectivity index (χ3n) is 4.85. The van der Waals surface area contributed by atoms with Crippen molar-refractivity contribution in [2.45, 2.75) is 17.9 Å². The molecule has 3 aromatic rings. The van der Waals surface area contributed by atoms with Crippen LogP contribution in [-0.4, -0.2) is 48.2 Å². The molecule has 1 atom stereocenters. The molecule has 2 N–H and O–H groups in total. The number of piperazine rings is 1. The van der Waals surface area contributed by atoms with Crippen LogP contribution in [0.1, 0.15) is 18.8 Å². The normalized spacial score (nSPS) is 15.4. The van der Waals surface area contributed by atoms with Crippen LogP contribution in [0.15, 0.2) is 52.2 Å². The lowest BCUT2D eigenvalue weighted by atomic mass is 10.2. The molecule has 1 unspecified atom stereocenters. The number of hydrogen-bond acceptors (Lipinski definition) is 6. The second-order valence-electron chi connectivity index (χ2n) is 6.77. The van der Waals surface area contributed by atoms with Crippen molar-refractivity contribution in [1.82, 2.24) is 20.2 Å². The SMILES string of the molecule is CC(c1nc2ccc(F)cc2c(=O)[nH]1)N1CCNCC1.COc1ccc(S)cc1. The lowest BCUT2D eigenvalue weighted by Crippen LogP contribution is -2.45. The molecule has 1 aliphatic heterocycles. The Kier molecular flexibility index (Phi) is 7.24. The average Bonchev–Trinajstić information content (AvgIpc) is 2.75. The van der Waals surface area contributed by atoms with Crippen LogP contribution in [-0.2, 0) is 0 Å². The number of ether oxygens (including phenoxy) is 1. The van der Waals surface area contributed by atoms with Crippen LogP contribution in [0.25, 0.3) is 10.9 Å². The number of methoxy groups -OCH3 is 1. The molecule has 1 aromatic heterocycles. The fourth-order valence-electron chi connectivity index (χ4n) is 3.15. The van der Waals surface area contributed by atoms with Gasteiger partial charge in [0.25, 0.3) is 5.56 Å². The zero-order valence-corrected chi connectivity index (χ0v) is 17.4. The first-order chi connectivity index (χ1) is 14.0. The van der Waals surface area contributed by atoms with Crippen LogP contribution < -0.4 is 15.6 Å². The summed E-state index contributed by atoms with van der Waals surface area (Å²) in [4.78, 5) is 22.5. The minimum absolute atomic E-state index is 0.0410. The highest BCUT2D eigenvalue weighted by Crippen LogP contribution is 2.18. The summed E-state index contributed by atoms with van der Waals surface area (Å²) in [6.45, 7) is 5.75. The van der Waals surface area contributed by atoms with E-state index in [4.69, 9.17) is 4.74 Å². The number of thiol groups is 1. The van der Waals surface area contributed by atoms with Crippen molar-refractivity contribution in [2.24, 2.45) is 0 Å². The van der Waals surface area contributed by atoms with E-state index in [1.165, 1.54) is 12.1 Å². The van der Waals surface area contributed by atoms with Crippen molar-refractivity contribution in [3.63, 3.8) is 0 Å². The minimum atomic E-state index is -0.423. The van der Waals surface area contributed by atoms with Gasteiger partial charge < -0.3 is 15.0 Å². The number of aromatic amines is 1. The van der Waals surface area contributed by atoms with Crippen LogP contribution in [0.3, 0.4) is 0 Å². The van der Waals surface area contributed by atoms with Gasteiger partial charge in [-0.3, -0.25) is 9.69 Å². The second-order valence-corrected chi connectivity index (χ2v) is 7.29. The predicted octanol–water partition coefficient (Wildman–Crippen LogP) is 3.01. The van der Waals surface area contributed by atoms with E-state index in [2.05, 4.69) is 32.8 Å². The molecule has 1 aliphatic rings. The maximum absolute atomic E-state index is 13.2. The van der Waals surface area contributed by atoms with Gasteiger partial charge in [0.05, 0.1) is 24.1 Å². The molecule has 0 radical (unpaired) electrons. The molecule has 0 bridgehead atoms. The number of H-pyrrole nitrogens is 1. The summed E-state index contributed by atoms with van der Waals surface area (Å²) in [6.07, 6.45) is 0. The van der Waals surface area contributed by atoms with Crippen LogP contribution >= 0.6 is 12.6 Å². The van der Waals surface area contributed by atoms with E-state index in [0.717, 1.165) is 36.8 Å². The largest absolute Gasteiger partial charge is 0.497 e. The zero-order valence-electron chi connectivity index (χ0n) is 16.5. The highest BCUT2D eigenvalue weighted by molar-refractivity contribution is 7.80. The molecular weight excluding hydrogens is 391 g/mol. The molecule has 29 heavy (non-hydrogen) atoms. The monoisotopic (exact) mass is 416 g/mol. The number of nitrogens with one attached hydrogen (secondary N) is 2. The number of halogens is 1. The molecule has 2 heterocycles. The Hall–Kier alpha value is -2.42. The first kappa shape index (κ1) is 21.3. The van der Waals surface area contributed by atoms with Gasteiger partial charge in [0.15, 0.2) is 0 Å². The molecule has 4 rings (SSSR count). The number of rotatable bonds is 3. The van der Waals surface area contributed by atoms with Crippen molar-refractivity contribution in [3.8, 4) is 5.75 Å². The number of nitrogens with zero attached hydrogens (tertiary/aromatic N) is 2. The van der Waals surface area contributed by atoms with Gasteiger partial charge in [-0.2, -0.15) is 0 Å². The standard InChI is InChI=1S/C14H17FN4O.C7H8OS/c1-9(19-6-4-16-5-7-19)13-17-12-3-2-10(15)8-11(12)14(20)18-13;1-8-6-2-4-7(9)5-3-6/h2-3,8-9,16H,4-7H2,1H3,(H,17,18,20);2-5,9H,1H3. The van der Waals surface area contributed by atoms with Gasteiger partial charge in [0, 0.05) is 31.1 Å². The third kappa shape index (κ3) is 5.56. The summed E-state index contributed by atoms with van der Waals surface area (Å²) in [6, 6.07) is 11.7. The Labute approximate surface area is 174 Å². The summed E-state index contributed by atoms with van der Waals surface area (Å²) in [5.41, 5.74) is 0.249. The summed E-state index contributed by atoms with van der Waals surface area (Å²) in [5.74, 6) is 1.08. The van der Waals surface area contributed by atoms with Crippen LogP contribution in [0.2, 0.25) is 0 Å². The van der Waals surface area contributed by atoms with E-state index < -0.39 is 5.82 Å². The topological polar surface area (TPSA) is 70.2 Å². The van der Waals surface area contributed by atoms with E-state index in [-0.39, 0.29) is 11.6 Å². The smallest absolute Gasteiger partial charge is 0.258 e. The molecular formula is C21H25FN4O2S. The number of benzene rings is 2. The molecule has 8 heteroatoms. The van der Waals surface area contributed by atoms with E-state index >= 15 is 0 Å². The van der Waals surface area contributed by atoms with Gasteiger partial charge >= 0.3 is 0 Å². The maximum atomic E-state index is 13.2. The zero-order chi connectivity index (χ0) is 20.8. The van der Waals surface area contributed by atoms with Crippen molar-refractivity contribution in [1.29, 1.82) is 0 Å². The van der Waals surface area contributed by atoms with Gasteiger partial charge in [0.1, 0.15) is 17.4 Å². The highest BCUT2D eigenvalue weighted by atomic mass is 32.1. The van der Waals surface area contributed by atoms with E-state index in [1.807, 2.05) is 31.2 Å². The second kappa shape index (κ2) is 9.87. The maximum Gasteiger partial charge on any atom is 0.258 e. The van der Waals surface area contributed by atoms with Crippen molar-refractivity contribution < 1.29 is 9.13 Å². The first-order valence-corrected chi connectivity index (χ1v) is 9.90. The third-order valence-corrected chi connectivity index (χ3v) is 5.15. The molecule has 0 saturated carbocycles. The highest BCUT2D eigenvalue weighted by Gasteiger charge is 2.20. The molecule has 154 valence electrons. The molecule has 0 aliphatic carbocycles. The average molecular weight is 417 g/mol. The van der Waals surface area contributed by atoms with Crippen LogP contribution in [0, 0.1) is 5.82 Å². The van der Waals surface area contributed by atoms with Crippen molar-refractivity contribution in [3.05, 3.63) is 64.5 Å². The van der Waals surface area contributed by atoms with Crippen LogP contribution in [0.5, 0.6) is 5.75 Å². The van der Waals surface area contributed by atoms with Gasteiger partial charge in [-0.15, -0.1) is 12.6 Å². The van der Waals surface area contributed by atoms with E-state index in [1.54, 1.807) is 13.2 Å². The summed E-state index contributed by atoms with van der Waals surface area (Å²) in [5, 5.41) is 3.59. The molecule has 2 aromatic carbocycles. The Morgan fingerprint density at radius 2 is 1.86 bits per heavy atom. The van der Waals surface area contributed by atoms with E-state index in [9.17, 15) is 9.18 Å². The Morgan fingerprint density at radius 1 is 1.17 bits per heavy atom. The molecule has 0 spiro atoms. The van der Waals surface area contributed by atoms with Gasteiger partial charge in [-0.05, 0) is 49.4 Å². The summed E-state index contributed by atoms with van der Waals surface area (Å²) >= 11 is 4.11. The van der Waals surface area contributed by atoms with Crippen molar-refractivity contribution >= 4 is 23.5 Å². The Balaban J connectivity index is 0.000000224. The molecule has 1 saturated heterocycles. The van der Waals surface area contributed by atoms with Crippen molar-refractivity contribution in [2.75, 3.05) is 33.3 Å². The summed E-state index contributed by atoms with van der Waals surface area (Å²) in [7, 11) is 1.65. The molecule has 1 fully saturated rings. The quantitative estimate of drug-likeness (QED) is 0.573. The number of aromatic nitrogens is 2. The fraction of sp³-hybridized carbons (Fsp3) is 0.333. The molecule has 6 nitrogen and oxygen atoms in total. The predicted molar refractivity (Wildman–Crippen MR) is 115 cm³/mol. The van der Waals surface area contributed by atoms with Gasteiger partial charge in [-0.25, -0.2) is 9.37 Å². The fourth-order valence-corrected chi connectivity index (χ4v) is 3.30. The number of fused-ring (bicyclic) bond motifs is 1. The Morgan fingerprint density at radius 3 is 2.52 bits per heavy atom. The minimum Gasteiger partial charge on any atom is -0.497 e. The lowest BCUT2D eigenvalue weighted by molar-refractivity contribution is 0.179. The summed E-state index contributed by atoms with van der Waals surface area (Å²) < 4.78 is 18.1. The van der Waals surface area contributed by atoms with Gasteiger partial charge in [-0.1, -0.05) is 0 Å². The lowest BCUT2D eigenvalue weighted by Gasteiger charge is -2.32.